The van der Waals surface area contributed by atoms with Gasteiger partial charge in [-0.3, -0.25) is 4.79 Å². The van der Waals surface area contributed by atoms with Crippen molar-refractivity contribution in [3.05, 3.63) is 107 Å². The fraction of sp³-hybridized carbons (Fsp3) is 0.179. The minimum absolute atomic E-state index is 0.184. The van der Waals surface area contributed by atoms with Crippen molar-refractivity contribution in [2.75, 3.05) is 10.6 Å². The zero-order valence-corrected chi connectivity index (χ0v) is 18.0. The number of fused-ring (bicyclic) bond motifs is 2. The average Bonchev–Trinajstić information content (AvgIpc) is 3.15. The first kappa shape index (κ1) is 18.9. The number of aromatic amines is 1. The highest BCUT2D eigenvalue weighted by Crippen LogP contribution is 2.45. The van der Waals surface area contributed by atoms with Crippen LogP contribution >= 0.6 is 0 Å². The maximum atomic E-state index is 13.7. The smallest absolute Gasteiger partial charge is 0.163 e. The molecule has 0 radical (unpaired) electrons. The number of carbonyl (C=O) groups is 1. The first-order valence-corrected chi connectivity index (χ1v) is 11.2. The molecule has 2 heterocycles. The van der Waals surface area contributed by atoms with Crippen LogP contribution in [0.5, 0.6) is 0 Å². The first-order chi connectivity index (χ1) is 15.7. The number of nitrogens with one attached hydrogen (secondary N) is 3. The minimum Gasteiger partial charge on any atom is -0.372 e. The quantitative estimate of drug-likeness (QED) is 0.350. The average molecular weight is 420 g/mol. The maximum absolute atomic E-state index is 13.7. The Bertz CT molecular complexity index is 1360. The van der Waals surface area contributed by atoms with Gasteiger partial charge < -0.3 is 15.6 Å². The van der Waals surface area contributed by atoms with Gasteiger partial charge in [-0.1, -0.05) is 60.2 Å². The summed E-state index contributed by atoms with van der Waals surface area (Å²) in [4.78, 5) is 17.1. The Kier molecular flexibility index (Phi) is 4.39. The molecule has 32 heavy (non-hydrogen) atoms. The number of hydrogen-bond donors (Lipinski definition) is 3. The first-order valence-electron chi connectivity index (χ1n) is 11.2. The van der Waals surface area contributed by atoms with E-state index < -0.39 is 0 Å². The lowest BCUT2D eigenvalue weighted by Crippen LogP contribution is -2.26. The molecule has 1 aliphatic heterocycles. The minimum atomic E-state index is -0.205. The van der Waals surface area contributed by atoms with E-state index in [9.17, 15) is 4.79 Å². The summed E-state index contributed by atoms with van der Waals surface area (Å²) in [7, 11) is 0. The van der Waals surface area contributed by atoms with Gasteiger partial charge >= 0.3 is 0 Å². The molecule has 4 aromatic rings. The highest BCUT2D eigenvalue weighted by molar-refractivity contribution is 6.02. The number of H-pyrrole nitrogens is 1. The van der Waals surface area contributed by atoms with Crippen molar-refractivity contribution in [2.24, 2.45) is 0 Å². The maximum Gasteiger partial charge on any atom is 0.163 e. The second-order valence-corrected chi connectivity index (χ2v) is 8.87. The highest BCUT2D eigenvalue weighted by atomic mass is 16.1. The predicted molar refractivity (Wildman–Crippen MR) is 130 cm³/mol. The van der Waals surface area contributed by atoms with E-state index in [1.54, 1.807) is 0 Å². The largest absolute Gasteiger partial charge is 0.372 e. The van der Waals surface area contributed by atoms with Crippen LogP contribution < -0.4 is 10.6 Å². The molecule has 6 rings (SSSR count). The fourth-order valence-corrected chi connectivity index (χ4v) is 5.13. The van der Waals surface area contributed by atoms with Crippen molar-refractivity contribution in [2.45, 2.75) is 31.7 Å². The number of aromatic nitrogens is 1. The van der Waals surface area contributed by atoms with E-state index in [0.29, 0.717) is 6.42 Å². The van der Waals surface area contributed by atoms with Gasteiger partial charge in [0.1, 0.15) is 0 Å². The molecule has 1 aliphatic carbocycles. The van der Waals surface area contributed by atoms with Crippen LogP contribution in [0, 0.1) is 6.92 Å². The van der Waals surface area contributed by atoms with Crippen LogP contribution in [0.1, 0.15) is 41.5 Å². The van der Waals surface area contributed by atoms with Gasteiger partial charge in [-0.05, 0) is 43.0 Å². The Hall–Kier alpha value is -3.79. The number of ketones is 1. The van der Waals surface area contributed by atoms with Crippen LogP contribution in [0.3, 0.4) is 0 Å². The lowest BCUT2D eigenvalue weighted by Gasteiger charge is -2.29. The molecule has 2 aliphatic rings. The van der Waals surface area contributed by atoms with E-state index in [-0.39, 0.29) is 17.7 Å². The number of rotatable bonds is 2. The summed E-state index contributed by atoms with van der Waals surface area (Å²) in [5.41, 5.74) is 8.56. The Morgan fingerprint density at radius 1 is 0.844 bits per heavy atom. The molecule has 0 saturated carbocycles. The summed E-state index contributed by atoms with van der Waals surface area (Å²) in [6.07, 6.45) is 3.39. The van der Waals surface area contributed by atoms with E-state index in [0.717, 1.165) is 45.5 Å². The van der Waals surface area contributed by atoms with Crippen molar-refractivity contribution in [1.29, 1.82) is 0 Å². The third kappa shape index (κ3) is 3.11. The molecule has 0 bridgehead atoms. The number of carbonyl (C=O) groups excluding carboxylic acids is 1. The number of allylic oxidation sites excluding steroid dienone is 1. The van der Waals surface area contributed by atoms with Crippen LogP contribution in [-0.2, 0) is 4.79 Å². The molecule has 0 unspecified atom stereocenters. The molecule has 4 nitrogen and oxygen atoms in total. The van der Waals surface area contributed by atoms with Crippen LogP contribution in [-0.4, -0.2) is 10.8 Å². The number of Topliss-reactive ketones (excluding diaryl/α,β-unsaturated/α-hetero) is 1. The van der Waals surface area contributed by atoms with Crippen molar-refractivity contribution in [3.8, 4) is 0 Å². The van der Waals surface area contributed by atoms with Crippen LogP contribution in [0.25, 0.3) is 10.9 Å². The number of benzene rings is 3. The summed E-state index contributed by atoms with van der Waals surface area (Å²) in [6, 6.07) is 24.9. The summed E-state index contributed by atoms with van der Waals surface area (Å²) in [6.45, 7) is 2.09. The summed E-state index contributed by atoms with van der Waals surface area (Å²) >= 11 is 0. The zero-order chi connectivity index (χ0) is 21.7. The summed E-state index contributed by atoms with van der Waals surface area (Å²) in [5.74, 6) is 0.392. The molecule has 0 spiro atoms. The number of hydrogen-bond acceptors (Lipinski definition) is 3. The molecular weight excluding hydrogens is 394 g/mol. The molecule has 1 aromatic heterocycles. The molecule has 4 heteroatoms. The lowest BCUT2D eigenvalue weighted by molar-refractivity contribution is -0.116. The van der Waals surface area contributed by atoms with Gasteiger partial charge in [0.15, 0.2) is 5.78 Å². The van der Waals surface area contributed by atoms with Crippen LogP contribution in [0.4, 0.5) is 11.4 Å². The van der Waals surface area contributed by atoms with Crippen molar-refractivity contribution in [3.63, 3.8) is 0 Å². The zero-order valence-electron chi connectivity index (χ0n) is 18.0. The van der Waals surface area contributed by atoms with Gasteiger partial charge in [-0.2, -0.15) is 0 Å². The van der Waals surface area contributed by atoms with Crippen molar-refractivity contribution in [1.82, 2.24) is 4.98 Å². The van der Waals surface area contributed by atoms with Gasteiger partial charge in [0, 0.05) is 40.4 Å². The Morgan fingerprint density at radius 3 is 2.44 bits per heavy atom. The molecule has 3 N–H and O–H groups in total. The molecule has 0 fully saturated rings. The van der Waals surface area contributed by atoms with E-state index in [4.69, 9.17) is 0 Å². The van der Waals surface area contributed by atoms with Gasteiger partial charge in [0.2, 0.25) is 0 Å². The molecular formula is C28H25N3O. The SMILES string of the molecule is Cc1ccc([C@H]2CC(=O)C3=C(C2)Nc2ccccc2N[C@H]3c2c[nH]c3ccccc23)cc1. The van der Waals surface area contributed by atoms with E-state index >= 15 is 0 Å². The highest BCUT2D eigenvalue weighted by Gasteiger charge is 2.36. The Labute approximate surface area is 187 Å². The summed E-state index contributed by atoms with van der Waals surface area (Å²) in [5, 5.41) is 8.46. The third-order valence-corrected chi connectivity index (χ3v) is 6.79. The molecule has 0 amide bonds. The number of aryl methyl sites for hydroxylation is 1. The van der Waals surface area contributed by atoms with E-state index in [1.165, 1.54) is 11.1 Å². The lowest BCUT2D eigenvalue weighted by atomic mass is 9.78. The second kappa shape index (κ2) is 7.41. The van der Waals surface area contributed by atoms with Crippen molar-refractivity contribution < 1.29 is 4.79 Å². The standard InChI is InChI=1S/C28H25N3O/c1-17-10-12-18(13-11-17)19-14-25-27(26(32)15-19)28(31-24-9-5-4-8-23(24)30-25)21-16-29-22-7-3-2-6-20(21)22/h2-13,16,19,28-31H,14-15H2,1H3/t19-,28+/m1/s1. The second-order valence-electron chi connectivity index (χ2n) is 8.87. The van der Waals surface area contributed by atoms with Crippen molar-refractivity contribution >= 4 is 28.1 Å². The molecule has 0 saturated heterocycles. The number of para-hydroxylation sites is 3. The van der Waals surface area contributed by atoms with Crippen LogP contribution in [0.15, 0.2) is 90.3 Å². The molecule has 3 aromatic carbocycles. The monoisotopic (exact) mass is 419 g/mol. The van der Waals surface area contributed by atoms with E-state index in [1.807, 2.05) is 30.5 Å². The normalized spacial score (nSPS) is 20.2. The third-order valence-electron chi connectivity index (χ3n) is 6.79. The van der Waals surface area contributed by atoms with Gasteiger partial charge in [-0.15, -0.1) is 0 Å². The molecule has 158 valence electrons. The van der Waals surface area contributed by atoms with Gasteiger partial charge in [0.05, 0.1) is 17.4 Å². The Balaban J connectivity index is 1.49. The van der Waals surface area contributed by atoms with Gasteiger partial charge in [-0.25, -0.2) is 0 Å². The fourth-order valence-electron chi connectivity index (χ4n) is 5.13. The van der Waals surface area contributed by atoms with Crippen LogP contribution in [0.2, 0.25) is 0 Å². The number of anilines is 2. The topological polar surface area (TPSA) is 56.9 Å². The van der Waals surface area contributed by atoms with Gasteiger partial charge in [0.25, 0.3) is 0 Å². The predicted octanol–water partition coefficient (Wildman–Crippen LogP) is 6.46. The Morgan fingerprint density at radius 2 is 1.59 bits per heavy atom. The summed E-state index contributed by atoms with van der Waals surface area (Å²) < 4.78 is 0. The van der Waals surface area contributed by atoms with E-state index in [2.05, 4.69) is 71.1 Å². The molecule has 2 atom stereocenters.